The Bertz CT molecular complexity index is 1190. The highest BCUT2D eigenvalue weighted by Gasteiger charge is 2.31. The van der Waals surface area contributed by atoms with Crippen molar-refractivity contribution in [2.45, 2.75) is 26.2 Å². The van der Waals surface area contributed by atoms with Gasteiger partial charge in [-0.25, -0.2) is 9.48 Å². The van der Waals surface area contributed by atoms with E-state index in [0.29, 0.717) is 12.3 Å². The van der Waals surface area contributed by atoms with Gasteiger partial charge in [0.25, 0.3) is 0 Å². The molecule has 150 valence electrons. The number of hydrogen-bond donors (Lipinski definition) is 1. The number of aromatic amines is 1. The van der Waals surface area contributed by atoms with Crippen LogP contribution in [-0.4, -0.2) is 27.3 Å². The van der Waals surface area contributed by atoms with E-state index in [9.17, 15) is 4.79 Å². The van der Waals surface area contributed by atoms with Gasteiger partial charge in [0.1, 0.15) is 0 Å². The zero-order valence-corrected chi connectivity index (χ0v) is 16.9. The lowest BCUT2D eigenvalue weighted by molar-refractivity contribution is 0.0517. The van der Waals surface area contributed by atoms with Gasteiger partial charge in [0, 0.05) is 29.4 Å². The highest BCUT2D eigenvalue weighted by molar-refractivity contribution is 5.92. The number of para-hydroxylation sites is 1. The lowest BCUT2D eigenvalue weighted by Crippen LogP contribution is -2.11. The molecule has 1 aliphatic carbocycles. The number of carbonyl (C=O) groups is 1. The normalized spacial score (nSPS) is 12.3. The third kappa shape index (κ3) is 3.12. The van der Waals surface area contributed by atoms with Gasteiger partial charge in [0.15, 0.2) is 5.69 Å². The van der Waals surface area contributed by atoms with Crippen LogP contribution in [0.25, 0.3) is 16.9 Å². The highest BCUT2D eigenvalue weighted by Crippen LogP contribution is 2.39. The average molecular weight is 397 g/mol. The standard InChI is InChI=1S/C25H23N3O2/c1-2-30-25(29)23-20-14-13-19-21(16-26-22(19)15-17-9-5-3-6-10-17)24(20)28(27-23)18-11-7-4-8-12-18/h3-12,16,26H,2,13-15H2,1H3. The summed E-state index contributed by atoms with van der Waals surface area (Å²) in [5, 5.41) is 4.70. The lowest BCUT2D eigenvalue weighted by Gasteiger charge is -2.17. The summed E-state index contributed by atoms with van der Waals surface area (Å²) < 4.78 is 7.18. The number of nitrogens with one attached hydrogen (secondary N) is 1. The van der Waals surface area contributed by atoms with Crippen LogP contribution in [0.15, 0.2) is 66.9 Å². The molecule has 30 heavy (non-hydrogen) atoms. The largest absolute Gasteiger partial charge is 0.461 e. The molecular weight excluding hydrogens is 374 g/mol. The van der Waals surface area contributed by atoms with Crippen molar-refractivity contribution < 1.29 is 9.53 Å². The van der Waals surface area contributed by atoms with E-state index >= 15 is 0 Å². The molecule has 4 aromatic rings. The molecule has 2 heterocycles. The van der Waals surface area contributed by atoms with E-state index in [1.165, 1.54) is 16.8 Å². The van der Waals surface area contributed by atoms with Crippen LogP contribution in [0, 0.1) is 0 Å². The van der Waals surface area contributed by atoms with Crippen LogP contribution < -0.4 is 0 Å². The van der Waals surface area contributed by atoms with Crippen molar-refractivity contribution in [1.82, 2.24) is 14.8 Å². The van der Waals surface area contributed by atoms with Gasteiger partial charge in [0.2, 0.25) is 0 Å². The van der Waals surface area contributed by atoms with Crippen LogP contribution in [0.1, 0.15) is 39.8 Å². The van der Waals surface area contributed by atoms with Gasteiger partial charge in [0.05, 0.1) is 18.0 Å². The summed E-state index contributed by atoms with van der Waals surface area (Å²) in [5.74, 6) is -0.355. The average Bonchev–Trinajstić information content (AvgIpc) is 3.37. The number of hydrogen-bond acceptors (Lipinski definition) is 3. The number of rotatable bonds is 5. The van der Waals surface area contributed by atoms with Gasteiger partial charge in [-0.1, -0.05) is 48.5 Å². The van der Waals surface area contributed by atoms with Crippen molar-refractivity contribution in [1.29, 1.82) is 0 Å². The Labute approximate surface area is 175 Å². The van der Waals surface area contributed by atoms with Crippen molar-refractivity contribution in [3.05, 3.63) is 94.9 Å². The molecule has 0 spiro atoms. The minimum atomic E-state index is -0.355. The Morgan fingerprint density at radius 2 is 1.73 bits per heavy atom. The summed E-state index contributed by atoms with van der Waals surface area (Å²) in [6.45, 7) is 2.15. The van der Waals surface area contributed by atoms with E-state index in [1.54, 1.807) is 0 Å². The van der Waals surface area contributed by atoms with E-state index in [1.807, 2.05) is 48.0 Å². The van der Waals surface area contributed by atoms with Crippen molar-refractivity contribution in [3.8, 4) is 16.9 Å². The number of H-pyrrole nitrogens is 1. The number of aromatic nitrogens is 3. The summed E-state index contributed by atoms with van der Waals surface area (Å²) in [6, 6.07) is 20.4. The monoisotopic (exact) mass is 397 g/mol. The highest BCUT2D eigenvalue weighted by atomic mass is 16.5. The number of carbonyl (C=O) groups excluding carboxylic acids is 1. The SMILES string of the molecule is CCOC(=O)c1nn(-c2ccccc2)c2c1CCc1c-2c[nH]c1Cc1ccccc1. The lowest BCUT2D eigenvalue weighted by atomic mass is 9.89. The van der Waals surface area contributed by atoms with Crippen LogP contribution in [0.5, 0.6) is 0 Å². The van der Waals surface area contributed by atoms with Crippen LogP contribution in [0.3, 0.4) is 0 Å². The molecule has 1 aliphatic rings. The first-order valence-corrected chi connectivity index (χ1v) is 10.3. The van der Waals surface area contributed by atoms with Gasteiger partial charge >= 0.3 is 5.97 Å². The molecular formula is C25H23N3O2. The minimum Gasteiger partial charge on any atom is -0.461 e. The van der Waals surface area contributed by atoms with E-state index in [0.717, 1.165) is 41.8 Å². The Balaban J connectivity index is 1.64. The molecule has 0 fully saturated rings. The summed E-state index contributed by atoms with van der Waals surface area (Å²) in [5.41, 5.74) is 8.23. The zero-order valence-electron chi connectivity index (χ0n) is 16.9. The third-order valence-electron chi connectivity index (χ3n) is 5.64. The van der Waals surface area contributed by atoms with Gasteiger partial charge in [-0.05, 0) is 43.0 Å². The van der Waals surface area contributed by atoms with Crippen LogP contribution in [0.2, 0.25) is 0 Å². The number of esters is 1. The maximum Gasteiger partial charge on any atom is 0.359 e. The van der Waals surface area contributed by atoms with Gasteiger partial charge in [-0.3, -0.25) is 0 Å². The van der Waals surface area contributed by atoms with E-state index < -0.39 is 0 Å². The predicted octanol–water partition coefficient (Wildman–Crippen LogP) is 4.73. The van der Waals surface area contributed by atoms with E-state index in [4.69, 9.17) is 9.84 Å². The molecule has 5 heteroatoms. The first-order chi connectivity index (χ1) is 14.8. The molecule has 5 nitrogen and oxygen atoms in total. The fourth-order valence-electron chi connectivity index (χ4n) is 4.28. The molecule has 2 aromatic carbocycles. The summed E-state index contributed by atoms with van der Waals surface area (Å²) in [6.07, 6.45) is 4.56. The molecule has 0 saturated carbocycles. The molecule has 0 bridgehead atoms. The first kappa shape index (κ1) is 18.4. The molecule has 0 saturated heterocycles. The zero-order chi connectivity index (χ0) is 20.5. The molecule has 2 aromatic heterocycles. The molecule has 0 radical (unpaired) electrons. The second kappa shape index (κ2) is 7.67. The first-order valence-electron chi connectivity index (χ1n) is 10.3. The van der Waals surface area contributed by atoms with Crippen molar-refractivity contribution in [3.63, 3.8) is 0 Å². The quantitative estimate of drug-likeness (QED) is 0.495. The van der Waals surface area contributed by atoms with Crippen LogP contribution in [0.4, 0.5) is 0 Å². The van der Waals surface area contributed by atoms with Crippen molar-refractivity contribution in [2.75, 3.05) is 6.61 Å². The van der Waals surface area contributed by atoms with Gasteiger partial charge in [-0.2, -0.15) is 5.10 Å². The maximum atomic E-state index is 12.6. The number of fused-ring (bicyclic) bond motifs is 3. The third-order valence-corrected chi connectivity index (χ3v) is 5.64. The number of nitrogens with zero attached hydrogens (tertiary/aromatic N) is 2. The number of ether oxygens (including phenoxy) is 1. The maximum absolute atomic E-state index is 12.6. The minimum absolute atomic E-state index is 0.336. The molecule has 5 rings (SSSR count). The van der Waals surface area contributed by atoms with Crippen molar-refractivity contribution >= 4 is 5.97 Å². The fourth-order valence-corrected chi connectivity index (χ4v) is 4.28. The second-order valence-electron chi connectivity index (χ2n) is 7.47. The molecule has 0 atom stereocenters. The molecule has 0 unspecified atom stereocenters. The summed E-state index contributed by atoms with van der Waals surface area (Å²) in [4.78, 5) is 16.1. The van der Waals surface area contributed by atoms with E-state index in [2.05, 4.69) is 35.4 Å². The Morgan fingerprint density at radius 3 is 2.47 bits per heavy atom. The Hall–Kier alpha value is -3.60. The van der Waals surface area contributed by atoms with Crippen molar-refractivity contribution in [2.24, 2.45) is 0 Å². The van der Waals surface area contributed by atoms with Gasteiger partial charge in [-0.15, -0.1) is 0 Å². The van der Waals surface area contributed by atoms with Crippen LogP contribution in [-0.2, 0) is 24.0 Å². The topological polar surface area (TPSA) is 59.9 Å². The van der Waals surface area contributed by atoms with E-state index in [-0.39, 0.29) is 5.97 Å². The molecule has 0 aliphatic heterocycles. The smallest absolute Gasteiger partial charge is 0.359 e. The Kier molecular flexibility index (Phi) is 4.71. The van der Waals surface area contributed by atoms with Crippen LogP contribution >= 0.6 is 0 Å². The summed E-state index contributed by atoms with van der Waals surface area (Å²) >= 11 is 0. The molecule has 0 amide bonds. The fraction of sp³-hybridized carbons (Fsp3) is 0.200. The Morgan fingerprint density at radius 1 is 1.03 bits per heavy atom. The van der Waals surface area contributed by atoms with Gasteiger partial charge < -0.3 is 9.72 Å². The predicted molar refractivity (Wildman–Crippen MR) is 116 cm³/mol. The molecule has 1 N–H and O–H groups in total. The second-order valence-corrected chi connectivity index (χ2v) is 7.47. The summed E-state index contributed by atoms with van der Waals surface area (Å²) in [7, 11) is 0. The number of benzene rings is 2.